The van der Waals surface area contributed by atoms with Crippen molar-refractivity contribution in [3.05, 3.63) is 75.8 Å². The minimum Gasteiger partial charge on any atom is -0.373 e. The van der Waals surface area contributed by atoms with E-state index in [9.17, 15) is 10.1 Å². The van der Waals surface area contributed by atoms with Crippen molar-refractivity contribution in [1.29, 1.82) is 5.26 Å². The average molecular weight is 480 g/mol. The van der Waals surface area contributed by atoms with Crippen molar-refractivity contribution >= 4 is 45.6 Å². The van der Waals surface area contributed by atoms with Gasteiger partial charge in [0.2, 0.25) is 5.91 Å². The topological polar surface area (TPSA) is 64.9 Å². The Morgan fingerprint density at radius 3 is 2.39 bits per heavy atom. The third kappa shape index (κ3) is 5.99. The fourth-order valence-corrected chi connectivity index (χ4v) is 5.29. The first kappa shape index (κ1) is 23.4. The highest BCUT2D eigenvalue weighted by atomic mass is 35.5. The van der Waals surface area contributed by atoms with Gasteiger partial charge in [0.05, 0.1) is 11.6 Å². The standard InChI is InChI=1S/C27H27Cl2N3O/c28-21-12-19(13-22(29)15-21)17-31-27(33)26(14-18-6-2-1-3-7-18)32-25-11-10-20(16-30)23-8-4-5-9-24(23)25/h4-5,8-13,15,18,26,32H,1-3,6-7,14,17H2,(H,31,33)/t26-/m0/s1. The molecule has 4 rings (SSSR count). The molecule has 1 aliphatic rings. The largest absolute Gasteiger partial charge is 0.373 e. The van der Waals surface area contributed by atoms with Crippen LogP contribution in [0.1, 0.15) is 49.7 Å². The zero-order valence-corrected chi connectivity index (χ0v) is 19.9. The molecule has 1 atom stereocenters. The Morgan fingerprint density at radius 1 is 1.00 bits per heavy atom. The van der Waals surface area contributed by atoms with Gasteiger partial charge in [0.25, 0.3) is 0 Å². The number of fused-ring (bicyclic) bond motifs is 1. The van der Waals surface area contributed by atoms with E-state index in [0.29, 0.717) is 28.1 Å². The van der Waals surface area contributed by atoms with Crippen LogP contribution in [0.15, 0.2) is 54.6 Å². The summed E-state index contributed by atoms with van der Waals surface area (Å²) in [5.74, 6) is 0.470. The number of nitrogens with one attached hydrogen (secondary N) is 2. The fourth-order valence-electron chi connectivity index (χ4n) is 4.72. The Labute approximate surface area is 204 Å². The van der Waals surface area contributed by atoms with Crippen molar-refractivity contribution in [3.8, 4) is 6.07 Å². The number of rotatable bonds is 7. The lowest BCUT2D eigenvalue weighted by Gasteiger charge is -2.27. The average Bonchev–Trinajstić information content (AvgIpc) is 2.82. The smallest absolute Gasteiger partial charge is 0.242 e. The lowest BCUT2D eigenvalue weighted by atomic mass is 9.84. The first-order valence-corrected chi connectivity index (χ1v) is 12.2. The van der Waals surface area contributed by atoms with Gasteiger partial charge in [0, 0.05) is 33.0 Å². The van der Waals surface area contributed by atoms with Gasteiger partial charge in [-0.2, -0.15) is 5.26 Å². The van der Waals surface area contributed by atoms with E-state index < -0.39 is 0 Å². The lowest BCUT2D eigenvalue weighted by Crippen LogP contribution is -2.41. The maximum absolute atomic E-state index is 13.3. The van der Waals surface area contributed by atoms with Crippen LogP contribution in [0.25, 0.3) is 10.8 Å². The molecule has 0 unspecified atom stereocenters. The molecule has 170 valence electrons. The van der Waals surface area contributed by atoms with Crippen molar-refractivity contribution in [3.63, 3.8) is 0 Å². The summed E-state index contributed by atoms with van der Waals surface area (Å²) in [6.45, 7) is 0.357. The number of hydrogen-bond donors (Lipinski definition) is 2. The van der Waals surface area contributed by atoms with Crippen molar-refractivity contribution in [1.82, 2.24) is 5.32 Å². The van der Waals surface area contributed by atoms with Gasteiger partial charge >= 0.3 is 0 Å². The molecule has 0 heterocycles. The number of nitrogens with zero attached hydrogens (tertiary/aromatic N) is 1. The second kappa shape index (κ2) is 10.9. The van der Waals surface area contributed by atoms with Crippen LogP contribution in [-0.4, -0.2) is 11.9 Å². The molecule has 6 heteroatoms. The highest BCUT2D eigenvalue weighted by molar-refractivity contribution is 6.34. The van der Waals surface area contributed by atoms with Crippen LogP contribution in [0.4, 0.5) is 5.69 Å². The van der Waals surface area contributed by atoms with Crippen LogP contribution in [-0.2, 0) is 11.3 Å². The van der Waals surface area contributed by atoms with Crippen molar-refractivity contribution in [2.24, 2.45) is 5.92 Å². The predicted octanol–water partition coefficient (Wildman–Crippen LogP) is 7.09. The zero-order valence-electron chi connectivity index (χ0n) is 18.4. The molecular weight excluding hydrogens is 453 g/mol. The van der Waals surface area contributed by atoms with E-state index in [4.69, 9.17) is 23.2 Å². The van der Waals surface area contributed by atoms with Crippen LogP contribution in [0, 0.1) is 17.2 Å². The monoisotopic (exact) mass is 479 g/mol. The van der Waals surface area contributed by atoms with E-state index in [0.717, 1.165) is 41.3 Å². The van der Waals surface area contributed by atoms with Crippen LogP contribution < -0.4 is 10.6 Å². The molecule has 2 N–H and O–H groups in total. The summed E-state index contributed by atoms with van der Waals surface area (Å²) in [4.78, 5) is 13.3. The highest BCUT2D eigenvalue weighted by Crippen LogP contribution is 2.31. The number of amides is 1. The highest BCUT2D eigenvalue weighted by Gasteiger charge is 2.25. The summed E-state index contributed by atoms with van der Waals surface area (Å²) >= 11 is 12.2. The van der Waals surface area contributed by atoms with E-state index in [1.54, 1.807) is 6.07 Å². The summed E-state index contributed by atoms with van der Waals surface area (Å²) in [6, 6.07) is 18.7. The van der Waals surface area contributed by atoms with E-state index in [2.05, 4.69) is 16.7 Å². The number of halogens is 2. The number of carbonyl (C=O) groups excluding carboxylic acids is 1. The molecule has 0 spiro atoms. The molecule has 0 saturated heterocycles. The quantitative estimate of drug-likeness (QED) is 0.380. The van der Waals surface area contributed by atoms with Gasteiger partial charge in [-0.25, -0.2) is 0 Å². The fraction of sp³-hybridized carbons (Fsp3) is 0.333. The molecule has 33 heavy (non-hydrogen) atoms. The molecule has 3 aromatic carbocycles. The zero-order chi connectivity index (χ0) is 23.2. The van der Waals surface area contributed by atoms with Gasteiger partial charge < -0.3 is 10.6 Å². The van der Waals surface area contributed by atoms with Crippen molar-refractivity contribution in [2.45, 2.75) is 51.1 Å². The summed E-state index contributed by atoms with van der Waals surface area (Å²) in [5, 5.41) is 19.0. The number of benzene rings is 3. The van der Waals surface area contributed by atoms with Gasteiger partial charge in [0.15, 0.2) is 0 Å². The molecule has 4 nitrogen and oxygen atoms in total. The number of anilines is 1. The van der Waals surface area contributed by atoms with Gasteiger partial charge in [-0.05, 0) is 48.2 Å². The SMILES string of the molecule is N#Cc1ccc(N[C@@H](CC2CCCCC2)C(=O)NCc2cc(Cl)cc(Cl)c2)c2ccccc12. The van der Waals surface area contributed by atoms with E-state index in [1.165, 1.54) is 19.3 Å². The van der Waals surface area contributed by atoms with Gasteiger partial charge in [0.1, 0.15) is 6.04 Å². The minimum atomic E-state index is -0.376. The van der Waals surface area contributed by atoms with Crippen molar-refractivity contribution < 1.29 is 4.79 Å². The van der Waals surface area contributed by atoms with Crippen LogP contribution in [0.5, 0.6) is 0 Å². The van der Waals surface area contributed by atoms with E-state index in [1.807, 2.05) is 48.5 Å². The Morgan fingerprint density at radius 2 is 1.70 bits per heavy atom. The van der Waals surface area contributed by atoms with Gasteiger partial charge in [-0.1, -0.05) is 79.6 Å². The predicted molar refractivity (Wildman–Crippen MR) is 136 cm³/mol. The molecule has 1 fully saturated rings. The molecule has 1 aliphatic carbocycles. The molecule has 0 radical (unpaired) electrons. The summed E-state index contributed by atoms with van der Waals surface area (Å²) < 4.78 is 0. The number of nitriles is 1. The van der Waals surface area contributed by atoms with Crippen molar-refractivity contribution in [2.75, 3.05) is 5.32 Å². The van der Waals surface area contributed by atoms with E-state index in [-0.39, 0.29) is 11.9 Å². The Kier molecular flexibility index (Phi) is 7.75. The summed E-state index contributed by atoms with van der Waals surface area (Å²) in [6.07, 6.45) is 6.81. The third-order valence-electron chi connectivity index (χ3n) is 6.37. The van der Waals surface area contributed by atoms with Crippen LogP contribution >= 0.6 is 23.2 Å². The molecule has 1 saturated carbocycles. The molecule has 0 bridgehead atoms. The summed E-state index contributed by atoms with van der Waals surface area (Å²) in [7, 11) is 0. The molecule has 1 amide bonds. The second-order valence-electron chi connectivity index (χ2n) is 8.75. The summed E-state index contributed by atoms with van der Waals surface area (Å²) in [5.41, 5.74) is 2.36. The maximum atomic E-state index is 13.3. The number of carbonyl (C=O) groups is 1. The maximum Gasteiger partial charge on any atom is 0.242 e. The normalized spacial score (nSPS) is 15.1. The van der Waals surface area contributed by atoms with E-state index >= 15 is 0 Å². The molecule has 0 aliphatic heterocycles. The Bertz CT molecular complexity index is 1160. The first-order valence-electron chi connectivity index (χ1n) is 11.4. The molecular formula is C27H27Cl2N3O. The van der Waals surface area contributed by atoms with Crippen LogP contribution in [0.2, 0.25) is 10.0 Å². The molecule has 0 aromatic heterocycles. The van der Waals surface area contributed by atoms with Crippen LogP contribution in [0.3, 0.4) is 0 Å². The minimum absolute atomic E-state index is 0.0508. The number of hydrogen-bond acceptors (Lipinski definition) is 3. The van der Waals surface area contributed by atoms with Gasteiger partial charge in [-0.3, -0.25) is 4.79 Å². The van der Waals surface area contributed by atoms with Gasteiger partial charge in [-0.15, -0.1) is 0 Å². The Balaban J connectivity index is 1.56. The first-order chi connectivity index (χ1) is 16.0. The third-order valence-corrected chi connectivity index (χ3v) is 6.81. The lowest BCUT2D eigenvalue weighted by molar-refractivity contribution is -0.122. The second-order valence-corrected chi connectivity index (χ2v) is 9.62. The Hall–Kier alpha value is -2.74. The molecule has 3 aromatic rings.